The molecule has 6 heteroatoms. The van der Waals surface area contributed by atoms with E-state index in [4.69, 9.17) is 9.47 Å². The Morgan fingerprint density at radius 3 is 2.20 bits per heavy atom. The lowest BCUT2D eigenvalue weighted by Crippen LogP contribution is -2.22. The number of esters is 2. The fraction of sp³-hybridized carbons (Fsp3) is 0.778. The second-order valence-electron chi connectivity index (χ2n) is 2.93. The van der Waals surface area contributed by atoms with Gasteiger partial charge in [0.15, 0.2) is 0 Å². The standard InChI is InChI=1S/C9H16O4S2/c1-7(13-9(11)3-5-15)6-12-8(10)2-4-14/h7,14-15H,2-6H2,1H3. The summed E-state index contributed by atoms with van der Waals surface area (Å²) in [6.07, 6.45) is 0.111. The molecule has 0 aromatic heterocycles. The Bertz CT molecular complexity index is 208. The third-order valence-corrected chi connectivity index (χ3v) is 1.89. The van der Waals surface area contributed by atoms with Crippen molar-refractivity contribution in [2.45, 2.75) is 25.9 Å². The van der Waals surface area contributed by atoms with Crippen molar-refractivity contribution in [1.82, 2.24) is 0 Å². The molecule has 0 heterocycles. The molecule has 88 valence electrons. The Morgan fingerprint density at radius 1 is 1.13 bits per heavy atom. The van der Waals surface area contributed by atoms with Crippen LogP contribution in [0.2, 0.25) is 0 Å². The SMILES string of the molecule is CC(COC(=O)CCS)OC(=O)CCS. The molecular weight excluding hydrogens is 236 g/mol. The molecule has 0 aliphatic rings. The molecule has 0 saturated carbocycles. The summed E-state index contributed by atoms with van der Waals surface area (Å²) >= 11 is 7.79. The maximum Gasteiger partial charge on any atom is 0.307 e. The number of carbonyl (C=O) groups is 2. The van der Waals surface area contributed by atoms with Crippen molar-refractivity contribution in [3.63, 3.8) is 0 Å². The van der Waals surface area contributed by atoms with Gasteiger partial charge in [0.25, 0.3) is 0 Å². The first-order valence-electron chi connectivity index (χ1n) is 4.67. The molecule has 4 nitrogen and oxygen atoms in total. The molecule has 0 aromatic carbocycles. The number of rotatable bonds is 7. The van der Waals surface area contributed by atoms with Gasteiger partial charge in [0, 0.05) is 11.5 Å². The maximum absolute atomic E-state index is 11.0. The van der Waals surface area contributed by atoms with Crippen molar-refractivity contribution in [3.05, 3.63) is 0 Å². The molecule has 0 saturated heterocycles. The Labute approximate surface area is 101 Å². The number of thiol groups is 2. The van der Waals surface area contributed by atoms with Gasteiger partial charge in [0.2, 0.25) is 0 Å². The second-order valence-corrected chi connectivity index (χ2v) is 3.83. The first kappa shape index (κ1) is 14.6. The summed E-state index contributed by atoms with van der Waals surface area (Å²) in [6, 6.07) is 0. The minimum atomic E-state index is -0.416. The van der Waals surface area contributed by atoms with E-state index in [2.05, 4.69) is 25.3 Å². The van der Waals surface area contributed by atoms with E-state index in [-0.39, 0.29) is 31.4 Å². The quantitative estimate of drug-likeness (QED) is 0.526. The van der Waals surface area contributed by atoms with Crippen molar-refractivity contribution in [1.29, 1.82) is 0 Å². The molecule has 0 rings (SSSR count). The van der Waals surface area contributed by atoms with E-state index in [1.165, 1.54) is 0 Å². The Morgan fingerprint density at radius 2 is 1.67 bits per heavy atom. The summed E-state index contributed by atoms with van der Waals surface area (Å²) in [5, 5.41) is 0. The van der Waals surface area contributed by atoms with Crippen LogP contribution in [0, 0.1) is 0 Å². The molecule has 1 atom stereocenters. The highest BCUT2D eigenvalue weighted by Crippen LogP contribution is 1.98. The van der Waals surface area contributed by atoms with Gasteiger partial charge in [0.05, 0.1) is 12.8 Å². The molecule has 0 aliphatic carbocycles. The van der Waals surface area contributed by atoms with Gasteiger partial charge in [-0.25, -0.2) is 0 Å². The van der Waals surface area contributed by atoms with E-state index in [0.29, 0.717) is 11.5 Å². The van der Waals surface area contributed by atoms with Crippen molar-refractivity contribution in [3.8, 4) is 0 Å². The zero-order chi connectivity index (χ0) is 11.7. The van der Waals surface area contributed by atoms with Gasteiger partial charge in [-0.1, -0.05) is 0 Å². The van der Waals surface area contributed by atoms with Crippen LogP contribution in [0.15, 0.2) is 0 Å². The van der Waals surface area contributed by atoms with E-state index in [9.17, 15) is 9.59 Å². The summed E-state index contributed by atoms with van der Waals surface area (Å²) in [4.78, 5) is 21.9. The molecule has 1 unspecified atom stereocenters. The Balaban J connectivity index is 3.60. The predicted octanol–water partition coefficient (Wildman–Crippen LogP) is 1.10. The van der Waals surface area contributed by atoms with Gasteiger partial charge in [-0.2, -0.15) is 25.3 Å². The minimum absolute atomic E-state index is 0.0882. The first-order chi connectivity index (χ1) is 7.10. The fourth-order valence-corrected chi connectivity index (χ4v) is 1.15. The van der Waals surface area contributed by atoms with E-state index in [0.717, 1.165) is 0 Å². The average molecular weight is 252 g/mol. The highest BCUT2D eigenvalue weighted by Gasteiger charge is 2.11. The zero-order valence-electron chi connectivity index (χ0n) is 8.64. The van der Waals surface area contributed by atoms with Crippen LogP contribution in [-0.4, -0.2) is 36.2 Å². The number of hydrogen-bond donors (Lipinski definition) is 2. The van der Waals surface area contributed by atoms with Gasteiger partial charge < -0.3 is 9.47 Å². The van der Waals surface area contributed by atoms with Crippen LogP contribution < -0.4 is 0 Å². The molecule has 0 amide bonds. The van der Waals surface area contributed by atoms with Crippen LogP contribution in [0.4, 0.5) is 0 Å². The summed E-state index contributed by atoms with van der Waals surface area (Å²) in [7, 11) is 0. The molecule has 0 radical (unpaired) electrons. The van der Waals surface area contributed by atoms with Crippen LogP contribution in [0.5, 0.6) is 0 Å². The van der Waals surface area contributed by atoms with Gasteiger partial charge in [-0.3, -0.25) is 9.59 Å². The topological polar surface area (TPSA) is 52.6 Å². The predicted molar refractivity (Wildman–Crippen MR) is 63.5 cm³/mol. The summed E-state index contributed by atoms with van der Waals surface area (Å²) < 4.78 is 9.77. The van der Waals surface area contributed by atoms with Crippen LogP contribution in [0.25, 0.3) is 0 Å². The average Bonchev–Trinajstić information content (AvgIpc) is 2.15. The second kappa shape index (κ2) is 8.91. The molecule has 0 aliphatic heterocycles. The van der Waals surface area contributed by atoms with E-state index < -0.39 is 6.10 Å². The van der Waals surface area contributed by atoms with Crippen molar-refractivity contribution >= 4 is 37.2 Å². The Hall–Kier alpha value is -0.360. The highest BCUT2D eigenvalue weighted by molar-refractivity contribution is 7.80. The van der Waals surface area contributed by atoms with Gasteiger partial charge in [-0.05, 0) is 6.92 Å². The highest BCUT2D eigenvalue weighted by atomic mass is 32.1. The third kappa shape index (κ3) is 8.62. The largest absolute Gasteiger partial charge is 0.462 e. The molecule has 0 N–H and O–H groups in total. The van der Waals surface area contributed by atoms with Crippen molar-refractivity contribution in [2.24, 2.45) is 0 Å². The third-order valence-electron chi connectivity index (χ3n) is 1.44. The molecule has 0 bridgehead atoms. The minimum Gasteiger partial charge on any atom is -0.462 e. The van der Waals surface area contributed by atoms with Crippen LogP contribution >= 0.6 is 25.3 Å². The van der Waals surface area contributed by atoms with E-state index >= 15 is 0 Å². The lowest BCUT2D eigenvalue weighted by molar-refractivity contribution is -0.157. The summed E-state index contributed by atoms with van der Waals surface area (Å²) in [5.74, 6) is 0.238. The lowest BCUT2D eigenvalue weighted by atomic mass is 10.4. The monoisotopic (exact) mass is 252 g/mol. The van der Waals surface area contributed by atoms with Crippen LogP contribution in [-0.2, 0) is 19.1 Å². The lowest BCUT2D eigenvalue weighted by Gasteiger charge is -2.12. The van der Waals surface area contributed by atoms with Crippen LogP contribution in [0.1, 0.15) is 19.8 Å². The van der Waals surface area contributed by atoms with Gasteiger partial charge >= 0.3 is 11.9 Å². The summed E-state index contributed by atoms with van der Waals surface area (Å²) in [6.45, 7) is 1.76. The van der Waals surface area contributed by atoms with E-state index in [1.807, 2.05) is 0 Å². The van der Waals surface area contributed by atoms with Crippen molar-refractivity contribution < 1.29 is 19.1 Å². The molecule has 0 fully saturated rings. The number of ether oxygens (including phenoxy) is 2. The number of hydrogen-bond acceptors (Lipinski definition) is 6. The maximum atomic E-state index is 11.0. The first-order valence-corrected chi connectivity index (χ1v) is 5.93. The smallest absolute Gasteiger partial charge is 0.307 e. The number of carbonyl (C=O) groups excluding carboxylic acids is 2. The summed E-state index contributed by atoms with van der Waals surface area (Å²) in [5.41, 5.74) is 0. The molecule has 0 spiro atoms. The van der Waals surface area contributed by atoms with Gasteiger partial charge in [-0.15, -0.1) is 0 Å². The zero-order valence-corrected chi connectivity index (χ0v) is 10.4. The van der Waals surface area contributed by atoms with E-state index in [1.54, 1.807) is 6.92 Å². The molecule has 0 aromatic rings. The normalized spacial score (nSPS) is 11.9. The molecular formula is C9H16O4S2. The molecule has 15 heavy (non-hydrogen) atoms. The Kier molecular flexibility index (Phi) is 8.70. The van der Waals surface area contributed by atoms with Crippen LogP contribution in [0.3, 0.4) is 0 Å². The fourth-order valence-electron chi connectivity index (χ4n) is 0.782. The van der Waals surface area contributed by atoms with Gasteiger partial charge in [0.1, 0.15) is 12.7 Å². The van der Waals surface area contributed by atoms with Crippen molar-refractivity contribution in [2.75, 3.05) is 18.1 Å².